The molecule has 3 atom stereocenters. The summed E-state index contributed by atoms with van der Waals surface area (Å²) in [5, 5.41) is 0. The molecule has 3 aliphatic heterocycles. The monoisotopic (exact) mass is 653 g/mol. The standard InChI is InChI=1S/C36H64NO7P/c1-4-5-6-7-8-9-10-11-12-13-14-15-16-17-27-41-29-35(44-32(2)38)30-42-45(39,40)43-31-36(3)23-18-19-34(28-36)37-24-20-33(21-25-37)22-26-37/h18-19,23,33,35H,4-17,20-22,24-31H2,1-3H3. The first-order valence-corrected chi connectivity index (χ1v) is 19.7. The molecule has 0 aromatic carbocycles. The molecule has 3 fully saturated rings. The Bertz CT molecular complexity index is 947. The first kappa shape index (κ1) is 38.4. The van der Waals surface area contributed by atoms with Crippen LogP contribution >= 0.6 is 7.82 Å². The molecular weight excluding hydrogens is 589 g/mol. The smallest absolute Gasteiger partial charge is 0.303 e. The van der Waals surface area contributed by atoms with Gasteiger partial charge in [-0.25, -0.2) is 0 Å². The van der Waals surface area contributed by atoms with Crippen LogP contribution in [0.4, 0.5) is 0 Å². The van der Waals surface area contributed by atoms with Crippen LogP contribution < -0.4 is 4.89 Å². The van der Waals surface area contributed by atoms with E-state index in [4.69, 9.17) is 18.5 Å². The van der Waals surface area contributed by atoms with Crippen molar-refractivity contribution in [1.82, 2.24) is 0 Å². The van der Waals surface area contributed by atoms with Gasteiger partial charge in [0.15, 0.2) is 0 Å². The minimum Gasteiger partial charge on any atom is -0.756 e. The van der Waals surface area contributed by atoms with E-state index in [-0.39, 0.29) is 19.8 Å². The number of fused-ring (bicyclic) bond motifs is 3. The Morgan fingerprint density at radius 3 is 2.02 bits per heavy atom. The van der Waals surface area contributed by atoms with Crippen LogP contribution in [0.3, 0.4) is 0 Å². The van der Waals surface area contributed by atoms with Crippen molar-refractivity contribution in [3.05, 3.63) is 23.9 Å². The molecule has 4 aliphatic rings. The molecular formula is C36H64NO7P. The molecule has 45 heavy (non-hydrogen) atoms. The van der Waals surface area contributed by atoms with Crippen molar-refractivity contribution < 1.29 is 37.3 Å². The Morgan fingerprint density at radius 1 is 0.911 bits per heavy atom. The van der Waals surface area contributed by atoms with Gasteiger partial charge >= 0.3 is 5.97 Å². The maximum absolute atomic E-state index is 12.7. The van der Waals surface area contributed by atoms with Gasteiger partial charge in [-0.3, -0.25) is 13.8 Å². The molecule has 260 valence electrons. The SMILES string of the molecule is CCCCCCCCCCCCCCCCOCC(COP(=O)([O-])OCC1(C)C=CC=C([N+]23CCC(CC2)CC3)C1)OC(C)=O. The quantitative estimate of drug-likeness (QED) is 0.0423. The number of allylic oxidation sites excluding steroid dienone is 3. The fraction of sp³-hybridized carbons (Fsp3) is 0.861. The Balaban J connectivity index is 1.25. The van der Waals surface area contributed by atoms with Crippen LogP contribution in [-0.4, -0.2) is 62.6 Å². The molecule has 0 amide bonds. The summed E-state index contributed by atoms with van der Waals surface area (Å²) in [5.41, 5.74) is 0.954. The summed E-state index contributed by atoms with van der Waals surface area (Å²) in [6, 6.07) is 0. The van der Waals surface area contributed by atoms with Crippen LogP contribution in [0.5, 0.6) is 0 Å². The Hall–Kier alpha value is -1.02. The highest BCUT2D eigenvalue weighted by atomic mass is 31.2. The average molecular weight is 654 g/mol. The second kappa shape index (κ2) is 20.4. The maximum atomic E-state index is 12.7. The zero-order valence-corrected chi connectivity index (χ0v) is 29.7. The van der Waals surface area contributed by atoms with Crippen molar-refractivity contribution in [3.8, 4) is 0 Å². The average Bonchev–Trinajstić information content (AvgIpc) is 3.03. The number of rotatable bonds is 25. The predicted octanol–water partition coefficient (Wildman–Crippen LogP) is 8.40. The van der Waals surface area contributed by atoms with Gasteiger partial charge in [-0.1, -0.05) is 109 Å². The molecule has 0 radical (unpaired) electrons. The molecule has 3 heterocycles. The Labute approximate surface area is 274 Å². The van der Waals surface area contributed by atoms with Crippen molar-refractivity contribution >= 4 is 13.8 Å². The normalized spacial score (nSPS) is 26.4. The molecule has 0 aromatic rings. The molecule has 3 unspecified atom stereocenters. The van der Waals surface area contributed by atoms with Gasteiger partial charge in [0.1, 0.15) is 11.8 Å². The largest absolute Gasteiger partial charge is 0.756 e. The lowest BCUT2D eigenvalue weighted by Gasteiger charge is -2.51. The van der Waals surface area contributed by atoms with E-state index < -0.39 is 25.3 Å². The third-order valence-electron chi connectivity index (χ3n) is 10.1. The van der Waals surface area contributed by atoms with E-state index in [1.165, 1.54) is 129 Å². The van der Waals surface area contributed by atoms with E-state index in [0.717, 1.165) is 29.7 Å². The van der Waals surface area contributed by atoms with Crippen molar-refractivity contribution in [3.63, 3.8) is 0 Å². The highest BCUT2D eigenvalue weighted by Crippen LogP contribution is 2.46. The Morgan fingerprint density at radius 2 is 1.47 bits per heavy atom. The predicted molar refractivity (Wildman–Crippen MR) is 178 cm³/mol. The number of phosphoric acid groups is 1. The second-order valence-electron chi connectivity index (χ2n) is 14.3. The van der Waals surface area contributed by atoms with Gasteiger partial charge in [-0.2, -0.15) is 0 Å². The number of hydrogen-bond acceptors (Lipinski definition) is 7. The second-order valence-corrected chi connectivity index (χ2v) is 15.7. The minimum absolute atomic E-state index is 0.0120. The molecule has 0 aromatic heterocycles. The highest BCUT2D eigenvalue weighted by molar-refractivity contribution is 7.45. The van der Waals surface area contributed by atoms with E-state index in [1.807, 2.05) is 13.0 Å². The lowest BCUT2D eigenvalue weighted by atomic mass is 9.79. The van der Waals surface area contributed by atoms with E-state index in [9.17, 15) is 14.3 Å². The van der Waals surface area contributed by atoms with E-state index >= 15 is 0 Å². The maximum Gasteiger partial charge on any atom is 0.303 e. The molecule has 0 saturated carbocycles. The number of unbranched alkanes of at least 4 members (excludes halogenated alkanes) is 13. The minimum atomic E-state index is -4.60. The topological polar surface area (TPSA) is 94.1 Å². The van der Waals surface area contributed by atoms with Crippen LogP contribution in [0, 0.1) is 11.3 Å². The van der Waals surface area contributed by atoms with Gasteiger partial charge in [0.05, 0.1) is 39.5 Å². The number of nitrogens with zero attached hydrogens (tertiary/aromatic N) is 1. The lowest BCUT2D eigenvalue weighted by molar-refractivity contribution is -0.909. The lowest BCUT2D eigenvalue weighted by Crippen LogP contribution is -2.58. The molecule has 9 heteroatoms. The van der Waals surface area contributed by atoms with Crippen LogP contribution in [0.1, 0.15) is 136 Å². The number of quaternary nitrogens is 1. The van der Waals surface area contributed by atoms with Gasteiger partial charge in [-0.05, 0) is 18.4 Å². The van der Waals surface area contributed by atoms with Crippen molar-refractivity contribution in [2.75, 3.05) is 46.1 Å². The zero-order chi connectivity index (χ0) is 32.4. The summed E-state index contributed by atoms with van der Waals surface area (Å²) < 4.78 is 35.3. The number of phosphoric ester groups is 1. The van der Waals surface area contributed by atoms with Gasteiger partial charge in [0.25, 0.3) is 7.82 Å². The molecule has 3 saturated heterocycles. The fourth-order valence-electron chi connectivity index (χ4n) is 7.24. The molecule has 2 bridgehead atoms. The van der Waals surface area contributed by atoms with Crippen LogP contribution in [0.25, 0.3) is 0 Å². The third-order valence-corrected chi connectivity index (χ3v) is 11.0. The number of hydrogen-bond donors (Lipinski definition) is 0. The molecule has 8 nitrogen and oxygen atoms in total. The van der Waals surface area contributed by atoms with Gasteiger partial charge < -0.3 is 23.4 Å². The fourth-order valence-corrected chi connectivity index (χ4v) is 8.12. The van der Waals surface area contributed by atoms with Crippen LogP contribution in [0.2, 0.25) is 0 Å². The summed E-state index contributed by atoms with van der Waals surface area (Å²) in [7, 11) is -4.60. The Kier molecular flexibility index (Phi) is 17.4. The summed E-state index contributed by atoms with van der Waals surface area (Å²) in [4.78, 5) is 24.3. The summed E-state index contributed by atoms with van der Waals surface area (Å²) in [6.07, 6.45) is 28.2. The van der Waals surface area contributed by atoms with E-state index in [1.54, 1.807) is 0 Å². The van der Waals surface area contributed by atoms with Gasteiger partial charge in [-0.15, -0.1) is 0 Å². The first-order valence-electron chi connectivity index (χ1n) is 18.3. The number of esters is 1. The summed E-state index contributed by atoms with van der Waals surface area (Å²) in [5.74, 6) is 0.381. The summed E-state index contributed by atoms with van der Waals surface area (Å²) >= 11 is 0. The van der Waals surface area contributed by atoms with Crippen molar-refractivity contribution in [2.24, 2.45) is 11.3 Å². The van der Waals surface area contributed by atoms with Crippen LogP contribution in [0.15, 0.2) is 23.9 Å². The van der Waals surface area contributed by atoms with E-state index in [2.05, 4.69) is 19.1 Å². The highest BCUT2D eigenvalue weighted by Gasteiger charge is 2.45. The summed E-state index contributed by atoms with van der Waals surface area (Å²) in [6.45, 7) is 9.48. The van der Waals surface area contributed by atoms with Crippen molar-refractivity contribution in [1.29, 1.82) is 0 Å². The van der Waals surface area contributed by atoms with Gasteiger partial charge in [0, 0.05) is 44.6 Å². The van der Waals surface area contributed by atoms with E-state index in [0.29, 0.717) is 6.61 Å². The number of carbonyl (C=O) groups excluding carboxylic acids is 1. The molecule has 0 N–H and O–H groups in total. The molecule has 1 aliphatic carbocycles. The number of carbonyl (C=O) groups is 1. The molecule has 4 rings (SSSR count). The third kappa shape index (κ3) is 14.7. The molecule has 0 spiro atoms. The number of piperidine rings is 3. The first-order chi connectivity index (χ1) is 21.7. The zero-order valence-electron chi connectivity index (χ0n) is 28.8. The van der Waals surface area contributed by atoms with Crippen LogP contribution in [-0.2, 0) is 27.9 Å². The van der Waals surface area contributed by atoms with Crippen molar-refractivity contribution in [2.45, 2.75) is 142 Å². The van der Waals surface area contributed by atoms with Gasteiger partial charge in [0.2, 0.25) is 0 Å². The number of ether oxygens (including phenoxy) is 2.